The summed E-state index contributed by atoms with van der Waals surface area (Å²) in [5.74, 6) is 0.933. The zero-order valence-corrected chi connectivity index (χ0v) is 11.1. The van der Waals surface area contributed by atoms with Gasteiger partial charge in [0.05, 0.1) is 19.2 Å². The van der Waals surface area contributed by atoms with Crippen LogP contribution in [0.15, 0.2) is 18.2 Å². The Balaban J connectivity index is 2.21. The summed E-state index contributed by atoms with van der Waals surface area (Å²) >= 11 is 0. The van der Waals surface area contributed by atoms with Gasteiger partial charge in [0.25, 0.3) is 0 Å². The van der Waals surface area contributed by atoms with Crippen molar-refractivity contribution in [2.75, 3.05) is 26.7 Å². The van der Waals surface area contributed by atoms with Crippen LogP contribution in [0.2, 0.25) is 0 Å². The lowest BCUT2D eigenvalue weighted by Crippen LogP contribution is -2.37. The molecule has 3 N–H and O–H groups in total. The molecule has 0 spiro atoms. The van der Waals surface area contributed by atoms with Crippen molar-refractivity contribution >= 4 is 5.78 Å². The van der Waals surface area contributed by atoms with E-state index in [4.69, 9.17) is 15.2 Å². The standard InChI is InChI=1S/C14H20N2O3/c1-18-14-11(12(17)8-15)5-2-6-13(14)19-10-4-3-7-16-9-10/h2,5-6,10,16H,3-4,7-9,15H2,1H3. The highest BCUT2D eigenvalue weighted by Crippen LogP contribution is 2.32. The minimum absolute atomic E-state index is 0.0369. The molecule has 1 unspecified atom stereocenters. The summed E-state index contributed by atoms with van der Waals surface area (Å²) in [6.45, 7) is 1.81. The highest BCUT2D eigenvalue weighted by atomic mass is 16.5. The van der Waals surface area contributed by atoms with Crippen LogP contribution in [0.1, 0.15) is 23.2 Å². The molecule has 0 aliphatic carbocycles. The first-order chi connectivity index (χ1) is 9.26. The van der Waals surface area contributed by atoms with Gasteiger partial charge < -0.3 is 20.5 Å². The van der Waals surface area contributed by atoms with E-state index in [-0.39, 0.29) is 18.4 Å². The largest absolute Gasteiger partial charge is 0.492 e. The Morgan fingerprint density at radius 2 is 2.37 bits per heavy atom. The van der Waals surface area contributed by atoms with Crippen molar-refractivity contribution in [1.29, 1.82) is 0 Å². The van der Waals surface area contributed by atoms with E-state index >= 15 is 0 Å². The number of carbonyl (C=O) groups excluding carboxylic acids is 1. The Hall–Kier alpha value is -1.59. The molecule has 1 aromatic rings. The zero-order valence-electron chi connectivity index (χ0n) is 11.1. The van der Waals surface area contributed by atoms with Gasteiger partial charge in [0.15, 0.2) is 17.3 Å². The minimum Gasteiger partial charge on any atom is -0.492 e. The second kappa shape index (κ2) is 6.54. The van der Waals surface area contributed by atoms with Crippen molar-refractivity contribution in [3.8, 4) is 11.5 Å². The predicted octanol–water partition coefficient (Wildman–Crippen LogP) is 0.967. The van der Waals surface area contributed by atoms with Crippen LogP contribution in [-0.4, -0.2) is 38.6 Å². The zero-order chi connectivity index (χ0) is 13.7. The molecule has 1 atom stereocenters. The number of nitrogens with one attached hydrogen (secondary N) is 1. The molecular formula is C14H20N2O3. The summed E-state index contributed by atoms with van der Waals surface area (Å²) in [6.07, 6.45) is 2.21. The van der Waals surface area contributed by atoms with Gasteiger partial charge in [-0.15, -0.1) is 0 Å². The van der Waals surface area contributed by atoms with Gasteiger partial charge in [-0.3, -0.25) is 4.79 Å². The van der Waals surface area contributed by atoms with E-state index in [9.17, 15) is 4.79 Å². The Kier molecular flexibility index (Phi) is 4.76. The number of hydrogen-bond donors (Lipinski definition) is 2. The van der Waals surface area contributed by atoms with Crippen molar-refractivity contribution in [2.24, 2.45) is 5.73 Å². The SMILES string of the molecule is COc1c(OC2CCCNC2)cccc1C(=O)CN. The third kappa shape index (κ3) is 3.24. The second-order valence-corrected chi connectivity index (χ2v) is 4.55. The molecule has 5 nitrogen and oxygen atoms in total. The van der Waals surface area contributed by atoms with Crippen molar-refractivity contribution in [3.63, 3.8) is 0 Å². The van der Waals surface area contributed by atoms with Crippen molar-refractivity contribution < 1.29 is 14.3 Å². The van der Waals surface area contributed by atoms with Crippen LogP contribution in [-0.2, 0) is 0 Å². The lowest BCUT2D eigenvalue weighted by molar-refractivity contribution is 0.0996. The molecule has 2 rings (SSSR count). The number of carbonyl (C=O) groups is 1. The van der Waals surface area contributed by atoms with Gasteiger partial charge in [-0.1, -0.05) is 6.07 Å². The first-order valence-electron chi connectivity index (χ1n) is 6.54. The number of ketones is 1. The molecule has 1 saturated heterocycles. The minimum atomic E-state index is -0.149. The van der Waals surface area contributed by atoms with Crippen LogP contribution in [0, 0.1) is 0 Å². The third-order valence-electron chi connectivity index (χ3n) is 3.21. The maximum Gasteiger partial charge on any atom is 0.180 e. The van der Waals surface area contributed by atoms with E-state index in [0.29, 0.717) is 17.1 Å². The van der Waals surface area contributed by atoms with E-state index in [1.54, 1.807) is 12.1 Å². The monoisotopic (exact) mass is 264 g/mol. The molecule has 1 aliphatic rings. The number of nitrogens with two attached hydrogens (primary N) is 1. The average Bonchev–Trinajstić information content (AvgIpc) is 2.47. The van der Waals surface area contributed by atoms with Gasteiger partial charge in [-0.2, -0.15) is 0 Å². The number of para-hydroxylation sites is 1. The summed E-state index contributed by atoms with van der Waals surface area (Å²) in [5, 5.41) is 3.29. The maximum atomic E-state index is 11.8. The lowest BCUT2D eigenvalue weighted by atomic mass is 10.1. The second-order valence-electron chi connectivity index (χ2n) is 4.55. The lowest BCUT2D eigenvalue weighted by Gasteiger charge is -2.25. The summed E-state index contributed by atoms with van der Waals surface area (Å²) in [4.78, 5) is 11.8. The van der Waals surface area contributed by atoms with E-state index in [1.807, 2.05) is 6.07 Å². The van der Waals surface area contributed by atoms with E-state index in [2.05, 4.69) is 5.32 Å². The number of piperidine rings is 1. The Bertz CT molecular complexity index is 442. The molecule has 1 fully saturated rings. The fourth-order valence-corrected chi connectivity index (χ4v) is 2.25. The highest BCUT2D eigenvalue weighted by molar-refractivity contribution is 6.00. The van der Waals surface area contributed by atoms with Crippen LogP contribution < -0.4 is 20.5 Å². The van der Waals surface area contributed by atoms with Crippen LogP contribution in [0.4, 0.5) is 0 Å². The molecule has 0 bridgehead atoms. The van der Waals surface area contributed by atoms with Gasteiger partial charge in [0, 0.05) is 6.54 Å². The molecular weight excluding hydrogens is 244 g/mol. The quantitative estimate of drug-likeness (QED) is 0.775. The number of Topliss-reactive ketones (excluding diaryl/α,β-unsaturated/α-hetero) is 1. The van der Waals surface area contributed by atoms with Gasteiger partial charge in [-0.05, 0) is 31.5 Å². The summed E-state index contributed by atoms with van der Waals surface area (Å²) in [5.41, 5.74) is 5.88. The van der Waals surface area contributed by atoms with Gasteiger partial charge in [-0.25, -0.2) is 0 Å². The van der Waals surface area contributed by atoms with Crippen molar-refractivity contribution in [2.45, 2.75) is 18.9 Å². The number of ether oxygens (including phenoxy) is 2. The molecule has 0 aromatic heterocycles. The van der Waals surface area contributed by atoms with E-state index < -0.39 is 0 Å². The summed E-state index contributed by atoms with van der Waals surface area (Å²) in [6, 6.07) is 5.32. The molecule has 0 amide bonds. The Morgan fingerprint density at radius 1 is 1.53 bits per heavy atom. The molecule has 0 radical (unpaired) electrons. The average molecular weight is 264 g/mol. The van der Waals surface area contributed by atoms with E-state index in [0.717, 1.165) is 25.9 Å². The van der Waals surface area contributed by atoms with Gasteiger partial charge in [0.2, 0.25) is 0 Å². The summed E-state index contributed by atoms with van der Waals surface area (Å²) < 4.78 is 11.3. The molecule has 1 heterocycles. The highest BCUT2D eigenvalue weighted by Gasteiger charge is 2.20. The molecule has 0 saturated carbocycles. The topological polar surface area (TPSA) is 73.6 Å². The van der Waals surface area contributed by atoms with Crippen LogP contribution in [0.3, 0.4) is 0 Å². The fraction of sp³-hybridized carbons (Fsp3) is 0.500. The fourth-order valence-electron chi connectivity index (χ4n) is 2.25. The van der Waals surface area contributed by atoms with Crippen LogP contribution in [0.5, 0.6) is 11.5 Å². The molecule has 1 aliphatic heterocycles. The first-order valence-corrected chi connectivity index (χ1v) is 6.54. The maximum absolute atomic E-state index is 11.8. The normalized spacial score (nSPS) is 18.9. The van der Waals surface area contributed by atoms with Crippen molar-refractivity contribution in [1.82, 2.24) is 5.32 Å². The number of benzene rings is 1. The van der Waals surface area contributed by atoms with Crippen LogP contribution >= 0.6 is 0 Å². The van der Waals surface area contributed by atoms with Gasteiger partial charge in [0.1, 0.15) is 6.10 Å². The molecule has 1 aromatic carbocycles. The van der Waals surface area contributed by atoms with Crippen molar-refractivity contribution in [3.05, 3.63) is 23.8 Å². The third-order valence-corrected chi connectivity index (χ3v) is 3.21. The van der Waals surface area contributed by atoms with Crippen LogP contribution in [0.25, 0.3) is 0 Å². The summed E-state index contributed by atoms with van der Waals surface area (Å²) in [7, 11) is 1.54. The smallest absolute Gasteiger partial charge is 0.180 e. The molecule has 104 valence electrons. The predicted molar refractivity (Wildman–Crippen MR) is 72.9 cm³/mol. The Labute approximate surface area is 113 Å². The number of rotatable bonds is 5. The molecule has 19 heavy (non-hydrogen) atoms. The number of hydrogen-bond acceptors (Lipinski definition) is 5. The van der Waals surface area contributed by atoms with E-state index in [1.165, 1.54) is 7.11 Å². The Morgan fingerprint density at radius 3 is 3.00 bits per heavy atom. The number of methoxy groups -OCH3 is 1. The molecule has 5 heteroatoms. The first kappa shape index (κ1) is 13.8. The van der Waals surface area contributed by atoms with Gasteiger partial charge >= 0.3 is 0 Å².